The summed E-state index contributed by atoms with van der Waals surface area (Å²) in [5.74, 6) is 0. The standard InChI is InChI=1S/C15H11ClO/c16-15-11-14(12-5-2-1-3-6-12)9-8-13(15)7-4-10-17/h1-11H. The van der Waals surface area contributed by atoms with Crippen LogP contribution in [-0.4, -0.2) is 6.29 Å². The van der Waals surface area contributed by atoms with E-state index >= 15 is 0 Å². The quantitative estimate of drug-likeness (QED) is 0.582. The van der Waals surface area contributed by atoms with Crippen LogP contribution in [0.5, 0.6) is 0 Å². The summed E-state index contributed by atoms with van der Waals surface area (Å²) in [5.41, 5.74) is 3.04. The molecule has 0 aliphatic heterocycles. The third-order valence-corrected chi connectivity index (χ3v) is 2.79. The fraction of sp³-hybridized carbons (Fsp3) is 0. The van der Waals surface area contributed by atoms with Crippen LogP contribution in [0.3, 0.4) is 0 Å². The van der Waals surface area contributed by atoms with Gasteiger partial charge in [0, 0.05) is 5.02 Å². The Morgan fingerprint density at radius 3 is 2.35 bits per heavy atom. The monoisotopic (exact) mass is 242 g/mol. The van der Waals surface area contributed by atoms with E-state index in [1.54, 1.807) is 6.08 Å². The lowest BCUT2D eigenvalue weighted by molar-refractivity contribution is -0.104. The van der Waals surface area contributed by atoms with E-state index in [1.807, 2.05) is 48.5 Å². The number of aldehydes is 1. The summed E-state index contributed by atoms with van der Waals surface area (Å²) in [6.07, 6.45) is 3.87. The van der Waals surface area contributed by atoms with E-state index in [1.165, 1.54) is 6.08 Å². The number of hydrogen-bond acceptors (Lipinski definition) is 1. The molecule has 0 radical (unpaired) electrons. The summed E-state index contributed by atoms with van der Waals surface area (Å²) in [6, 6.07) is 15.8. The Labute approximate surface area is 105 Å². The number of allylic oxidation sites excluding steroid dienone is 1. The molecule has 2 heteroatoms. The summed E-state index contributed by atoms with van der Waals surface area (Å²) in [7, 11) is 0. The van der Waals surface area contributed by atoms with Gasteiger partial charge in [-0.15, -0.1) is 0 Å². The van der Waals surface area contributed by atoms with Crippen molar-refractivity contribution in [3.8, 4) is 11.1 Å². The molecular formula is C15H11ClO. The molecule has 0 N–H and O–H groups in total. The highest BCUT2D eigenvalue weighted by Crippen LogP contribution is 2.26. The third-order valence-electron chi connectivity index (χ3n) is 2.46. The van der Waals surface area contributed by atoms with Crippen LogP contribution >= 0.6 is 11.6 Å². The molecule has 2 aromatic rings. The predicted octanol–water partition coefficient (Wildman–Crippen LogP) is 4.22. The van der Waals surface area contributed by atoms with Gasteiger partial charge in [-0.3, -0.25) is 4.79 Å². The minimum Gasteiger partial charge on any atom is -0.299 e. The summed E-state index contributed by atoms with van der Waals surface area (Å²) >= 11 is 6.15. The number of carbonyl (C=O) groups excluding carboxylic acids is 1. The molecule has 0 spiro atoms. The van der Waals surface area contributed by atoms with Gasteiger partial charge >= 0.3 is 0 Å². The average Bonchev–Trinajstić information content (AvgIpc) is 2.38. The van der Waals surface area contributed by atoms with E-state index in [-0.39, 0.29) is 0 Å². The van der Waals surface area contributed by atoms with Crippen molar-refractivity contribution in [2.75, 3.05) is 0 Å². The lowest BCUT2D eigenvalue weighted by Crippen LogP contribution is -1.80. The van der Waals surface area contributed by atoms with Gasteiger partial charge in [-0.25, -0.2) is 0 Å². The van der Waals surface area contributed by atoms with Crippen molar-refractivity contribution in [2.24, 2.45) is 0 Å². The largest absolute Gasteiger partial charge is 0.299 e. The fourth-order valence-corrected chi connectivity index (χ4v) is 1.86. The Balaban J connectivity index is 2.37. The normalized spacial score (nSPS) is 10.6. The maximum absolute atomic E-state index is 10.2. The van der Waals surface area contributed by atoms with Gasteiger partial charge in [0.25, 0.3) is 0 Å². The molecule has 0 aliphatic rings. The molecule has 0 saturated heterocycles. The molecule has 0 aliphatic carbocycles. The van der Waals surface area contributed by atoms with Crippen molar-refractivity contribution in [1.82, 2.24) is 0 Å². The molecule has 0 fully saturated rings. The van der Waals surface area contributed by atoms with Crippen LogP contribution in [0.4, 0.5) is 0 Å². The molecule has 0 saturated carbocycles. The average molecular weight is 243 g/mol. The second-order valence-corrected chi connectivity index (χ2v) is 4.00. The molecule has 84 valence electrons. The van der Waals surface area contributed by atoms with Crippen LogP contribution in [0, 0.1) is 0 Å². The highest BCUT2D eigenvalue weighted by Gasteiger charge is 2.01. The summed E-state index contributed by atoms with van der Waals surface area (Å²) in [6.45, 7) is 0. The Morgan fingerprint density at radius 2 is 1.71 bits per heavy atom. The van der Waals surface area contributed by atoms with E-state index < -0.39 is 0 Å². The molecule has 0 bridgehead atoms. The lowest BCUT2D eigenvalue weighted by atomic mass is 10.0. The van der Waals surface area contributed by atoms with Gasteiger partial charge in [-0.1, -0.05) is 60.1 Å². The number of benzene rings is 2. The Bertz CT molecular complexity index is 544. The van der Waals surface area contributed by atoms with E-state index in [2.05, 4.69) is 0 Å². The summed E-state index contributed by atoms with van der Waals surface area (Å²) in [4.78, 5) is 10.2. The van der Waals surface area contributed by atoms with Crippen LogP contribution < -0.4 is 0 Å². The molecule has 0 amide bonds. The number of halogens is 1. The molecule has 2 rings (SSSR count). The third kappa shape index (κ3) is 2.83. The van der Waals surface area contributed by atoms with Crippen LogP contribution in [0.1, 0.15) is 5.56 Å². The SMILES string of the molecule is O=CC=Cc1ccc(-c2ccccc2)cc1Cl. The van der Waals surface area contributed by atoms with Crippen molar-refractivity contribution in [1.29, 1.82) is 0 Å². The Morgan fingerprint density at radius 1 is 0.941 bits per heavy atom. The first-order valence-electron chi connectivity index (χ1n) is 5.28. The molecule has 1 nitrogen and oxygen atoms in total. The fourth-order valence-electron chi connectivity index (χ4n) is 1.62. The van der Waals surface area contributed by atoms with Gasteiger partial charge in [0.1, 0.15) is 6.29 Å². The minimum absolute atomic E-state index is 0.643. The first kappa shape index (κ1) is 11.6. The van der Waals surface area contributed by atoms with E-state index in [9.17, 15) is 4.79 Å². The first-order valence-corrected chi connectivity index (χ1v) is 5.66. The van der Waals surface area contributed by atoms with Crippen molar-refractivity contribution < 1.29 is 4.79 Å². The lowest BCUT2D eigenvalue weighted by Gasteiger charge is -2.04. The molecular weight excluding hydrogens is 232 g/mol. The van der Waals surface area contributed by atoms with Gasteiger partial charge in [-0.05, 0) is 28.8 Å². The van der Waals surface area contributed by atoms with Crippen molar-refractivity contribution >= 4 is 24.0 Å². The van der Waals surface area contributed by atoms with E-state index in [0.717, 1.165) is 23.0 Å². The molecule has 0 heterocycles. The molecule has 0 aromatic heterocycles. The van der Waals surface area contributed by atoms with Gasteiger partial charge in [-0.2, -0.15) is 0 Å². The smallest absolute Gasteiger partial charge is 0.142 e. The zero-order chi connectivity index (χ0) is 12.1. The molecule has 17 heavy (non-hydrogen) atoms. The van der Waals surface area contributed by atoms with Crippen molar-refractivity contribution in [3.63, 3.8) is 0 Å². The summed E-state index contributed by atoms with van der Waals surface area (Å²) < 4.78 is 0. The number of rotatable bonds is 3. The van der Waals surface area contributed by atoms with Crippen molar-refractivity contribution in [3.05, 3.63) is 65.2 Å². The van der Waals surface area contributed by atoms with E-state index in [4.69, 9.17) is 11.6 Å². The maximum atomic E-state index is 10.2. The molecule has 0 unspecified atom stereocenters. The Hall–Kier alpha value is -1.86. The summed E-state index contributed by atoms with van der Waals surface area (Å²) in [5, 5.41) is 0.643. The van der Waals surface area contributed by atoms with Crippen molar-refractivity contribution in [2.45, 2.75) is 0 Å². The van der Waals surface area contributed by atoms with Crippen LogP contribution in [-0.2, 0) is 4.79 Å². The zero-order valence-corrected chi connectivity index (χ0v) is 9.89. The number of hydrogen-bond donors (Lipinski definition) is 0. The zero-order valence-electron chi connectivity index (χ0n) is 9.14. The topological polar surface area (TPSA) is 17.1 Å². The Kier molecular flexibility index (Phi) is 3.73. The molecule has 0 atom stereocenters. The van der Waals surface area contributed by atoms with Gasteiger partial charge in [0.05, 0.1) is 0 Å². The molecule has 2 aromatic carbocycles. The van der Waals surface area contributed by atoms with Gasteiger partial charge < -0.3 is 0 Å². The number of carbonyl (C=O) groups is 1. The maximum Gasteiger partial charge on any atom is 0.142 e. The van der Waals surface area contributed by atoms with Crippen LogP contribution in [0.25, 0.3) is 17.2 Å². The van der Waals surface area contributed by atoms with E-state index in [0.29, 0.717) is 5.02 Å². The first-order chi connectivity index (χ1) is 8.31. The second-order valence-electron chi connectivity index (χ2n) is 3.60. The highest BCUT2D eigenvalue weighted by molar-refractivity contribution is 6.32. The van der Waals surface area contributed by atoms with Crippen LogP contribution in [0.2, 0.25) is 5.02 Å². The highest BCUT2D eigenvalue weighted by atomic mass is 35.5. The minimum atomic E-state index is 0.643. The second kappa shape index (κ2) is 5.46. The van der Waals surface area contributed by atoms with Gasteiger partial charge in [0.2, 0.25) is 0 Å². The predicted molar refractivity (Wildman–Crippen MR) is 72.0 cm³/mol. The van der Waals surface area contributed by atoms with Crippen LogP contribution in [0.15, 0.2) is 54.6 Å². The van der Waals surface area contributed by atoms with Gasteiger partial charge in [0.15, 0.2) is 0 Å².